The molecule has 9 heteroatoms. The van der Waals surface area contributed by atoms with E-state index in [1.165, 1.54) is 16.9 Å². The summed E-state index contributed by atoms with van der Waals surface area (Å²) in [6, 6.07) is 10.3. The number of nitrogens with one attached hydrogen (secondary N) is 1. The lowest BCUT2D eigenvalue weighted by atomic mass is 10.1. The molecule has 1 amide bonds. The first-order valence-electron chi connectivity index (χ1n) is 8.66. The molecule has 0 bridgehead atoms. The third-order valence-corrected chi connectivity index (χ3v) is 4.79. The number of hydrogen-bond donors (Lipinski definition) is 1. The van der Waals surface area contributed by atoms with Crippen LogP contribution in [0.2, 0.25) is 0 Å². The van der Waals surface area contributed by atoms with E-state index < -0.39 is 16.4 Å². The van der Waals surface area contributed by atoms with Gasteiger partial charge >= 0.3 is 0 Å². The number of hydrogen-bond acceptors (Lipinski definition) is 6. The van der Waals surface area contributed by atoms with E-state index >= 15 is 0 Å². The summed E-state index contributed by atoms with van der Waals surface area (Å²) in [5.41, 5.74) is 2.21. The maximum atomic E-state index is 12.2. The highest BCUT2D eigenvalue weighted by molar-refractivity contribution is 7.14. The second-order valence-electron chi connectivity index (χ2n) is 6.14. The van der Waals surface area contributed by atoms with E-state index in [0.29, 0.717) is 5.13 Å². The van der Waals surface area contributed by atoms with Crippen molar-refractivity contribution in [3.8, 4) is 11.3 Å². The number of carbonyl (C=O) groups is 1. The van der Waals surface area contributed by atoms with Crippen molar-refractivity contribution >= 4 is 28.1 Å². The number of carbonyl (C=O) groups excluding carboxylic acids is 1. The summed E-state index contributed by atoms with van der Waals surface area (Å²) in [5.74, 6) is -0.484. The number of aryl methyl sites for hydroxylation is 1. The fraction of sp³-hybridized carbons (Fsp3) is 0.211. The van der Waals surface area contributed by atoms with Crippen LogP contribution in [0.5, 0.6) is 0 Å². The Morgan fingerprint density at radius 1 is 1.25 bits per heavy atom. The van der Waals surface area contributed by atoms with E-state index in [2.05, 4.69) is 29.4 Å². The van der Waals surface area contributed by atoms with Crippen LogP contribution in [0.1, 0.15) is 18.9 Å². The van der Waals surface area contributed by atoms with E-state index in [4.69, 9.17) is 0 Å². The van der Waals surface area contributed by atoms with Gasteiger partial charge in [-0.05, 0) is 12.0 Å². The van der Waals surface area contributed by atoms with Crippen molar-refractivity contribution in [2.75, 3.05) is 5.32 Å². The van der Waals surface area contributed by atoms with Gasteiger partial charge in [0.1, 0.15) is 6.54 Å². The molecule has 0 spiro atoms. The van der Waals surface area contributed by atoms with Gasteiger partial charge < -0.3 is 5.32 Å². The largest absolute Gasteiger partial charge is 0.300 e. The van der Waals surface area contributed by atoms with Crippen molar-refractivity contribution < 1.29 is 9.72 Å². The second kappa shape index (κ2) is 8.57. The SMILES string of the molecule is CCCc1ccc(-c2csc(NC(=O)Cn3cc([N+](=O)[O-])ccc3=O)n2)cc1. The van der Waals surface area contributed by atoms with Crippen LogP contribution >= 0.6 is 11.3 Å². The van der Waals surface area contributed by atoms with Crippen LogP contribution in [0.25, 0.3) is 11.3 Å². The molecular weight excluding hydrogens is 380 g/mol. The first-order valence-corrected chi connectivity index (χ1v) is 9.54. The molecule has 0 unspecified atom stereocenters. The van der Waals surface area contributed by atoms with Crippen LogP contribution in [0, 0.1) is 10.1 Å². The topological polar surface area (TPSA) is 107 Å². The molecule has 1 aromatic carbocycles. The summed E-state index contributed by atoms with van der Waals surface area (Å²) in [6.07, 6.45) is 3.16. The molecule has 1 N–H and O–H groups in total. The zero-order valence-corrected chi connectivity index (χ0v) is 15.9. The summed E-state index contributed by atoms with van der Waals surface area (Å²) in [7, 11) is 0. The Morgan fingerprint density at radius 3 is 2.68 bits per heavy atom. The highest BCUT2D eigenvalue weighted by atomic mass is 32.1. The van der Waals surface area contributed by atoms with E-state index in [-0.39, 0.29) is 12.2 Å². The lowest BCUT2D eigenvalue weighted by Crippen LogP contribution is -2.26. The van der Waals surface area contributed by atoms with Gasteiger partial charge in [-0.15, -0.1) is 11.3 Å². The van der Waals surface area contributed by atoms with Crippen molar-refractivity contribution in [2.45, 2.75) is 26.3 Å². The van der Waals surface area contributed by atoms with Crippen molar-refractivity contribution in [1.29, 1.82) is 0 Å². The molecular formula is C19H18N4O4S. The smallest absolute Gasteiger partial charge is 0.285 e. The highest BCUT2D eigenvalue weighted by Gasteiger charge is 2.12. The Kier molecular flexibility index (Phi) is 5.95. The number of thiazole rings is 1. The van der Waals surface area contributed by atoms with Gasteiger partial charge in [-0.1, -0.05) is 37.6 Å². The van der Waals surface area contributed by atoms with E-state index in [1.807, 2.05) is 17.5 Å². The lowest BCUT2D eigenvalue weighted by Gasteiger charge is -2.05. The minimum absolute atomic E-state index is 0.254. The number of rotatable bonds is 7. The summed E-state index contributed by atoms with van der Waals surface area (Å²) in [6.45, 7) is 1.80. The van der Waals surface area contributed by atoms with Gasteiger partial charge in [0.15, 0.2) is 5.13 Å². The Morgan fingerprint density at radius 2 is 2.00 bits per heavy atom. The molecule has 0 fully saturated rings. The summed E-state index contributed by atoms with van der Waals surface area (Å²) in [4.78, 5) is 38.6. The molecule has 2 aromatic heterocycles. The normalized spacial score (nSPS) is 10.6. The minimum Gasteiger partial charge on any atom is -0.300 e. The fourth-order valence-corrected chi connectivity index (χ4v) is 3.39. The summed E-state index contributed by atoms with van der Waals surface area (Å²) < 4.78 is 0.994. The van der Waals surface area contributed by atoms with Gasteiger partial charge in [-0.2, -0.15) is 0 Å². The predicted molar refractivity (Wildman–Crippen MR) is 108 cm³/mol. The first-order chi connectivity index (χ1) is 13.5. The molecule has 144 valence electrons. The zero-order chi connectivity index (χ0) is 20.1. The van der Waals surface area contributed by atoms with Crippen LogP contribution < -0.4 is 10.9 Å². The summed E-state index contributed by atoms with van der Waals surface area (Å²) in [5, 5.41) is 15.7. The number of aromatic nitrogens is 2. The Bertz CT molecular complexity index is 1060. The molecule has 0 radical (unpaired) electrons. The van der Waals surface area contributed by atoms with Crippen LogP contribution in [0.15, 0.2) is 52.8 Å². The molecule has 2 heterocycles. The standard InChI is InChI=1S/C19H18N4O4S/c1-2-3-13-4-6-14(7-5-13)16-12-28-19(20-16)21-17(24)11-22-10-15(23(26)27)8-9-18(22)25/h4-10,12H,2-3,11H2,1H3,(H,20,21,24). The molecule has 0 saturated carbocycles. The molecule has 3 aromatic rings. The van der Waals surface area contributed by atoms with Crippen molar-refractivity contribution in [3.63, 3.8) is 0 Å². The van der Waals surface area contributed by atoms with Gasteiger partial charge in [0.2, 0.25) is 5.91 Å². The monoisotopic (exact) mass is 398 g/mol. The Hall–Kier alpha value is -3.33. The average molecular weight is 398 g/mol. The predicted octanol–water partition coefficient (Wildman–Crippen LogP) is 3.47. The molecule has 28 heavy (non-hydrogen) atoms. The van der Waals surface area contributed by atoms with Gasteiger partial charge in [-0.3, -0.25) is 24.3 Å². The number of anilines is 1. The number of nitro groups is 1. The zero-order valence-electron chi connectivity index (χ0n) is 15.1. The van der Waals surface area contributed by atoms with E-state index in [0.717, 1.165) is 47.0 Å². The van der Waals surface area contributed by atoms with Crippen LogP contribution in [-0.4, -0.2) is 20.4 Å². The third-order valence-electron chi connectivity index (χ3n) is 4.03. The number of amides is 1. The van der Waals surface area contributed by atoms with Crippen LogP contribution in [0.4, 0.5) is 10.8 Å². The minimum atomic E-state index is -0.618. The highest BCUT2D eigenvalue weighted by Crippen LogP contribution is 2.25. The van der Waals surface area contributed by atoms with Gasteiger partial charge in [0.05, 0.1) is 16.8 Å². The molecule has 0 aliphatic rings. The molecule has 0 aliphatic carbocycles. The maximum absolute atomic E-state index is 12.2. The molecule has 8 nitrogen and oxygen atoms in total. The maximum Gasteiger partial charge on any atom is 0.285 e. The number of pyridine rings is 1. The second-order valence-corrected chi connectivity index (χ2v) is 7.00. The average Bonchev–Trinajstić information content (AvgIpc) is 3.12. The number of benzene rings is 1. The lowest BCUT2D eigenvalue weighted by molar-refractivity contribution is -0.385. The summed E-state index contributed by atoms with van der Waals surface area (Å²) >= 11 is 1.27. The first kappa shape index (κ1) is 19.4. The van der Waals surface area contributed by atoms with Crippen molar-refractivity contribution in [3.05, 3.63) is 74.0 Å². The van der Waals surface area contributed by atoms with Gasteiger partial charge in [0, 0.05) is 23.1 Å². The number of nitrogens with zero attached hydrogens (tertiary/aromatic N) is 3. The third kappa shape index (κ3) is 4.68. The quantitative estimate of drug-likeness (QED) is 0.484. The van der Waals surface area contributed by atoms with Crippen molar-refractivity contribution in [1.82, 2.24) is 9.55 Å². The van der Waals surface area contributed by atoms with Crippen molar-refractivity contribution in [2.24, 2.45) is 0 Å². The molecule has 3 rings (SSSR count). The van der Waals surface area contributed by atoms with Crippen LogP contribution in [-0.2, 0) is 17.8 Å². The molecule has 0 aliphatic heterocycles. The van der Waals surface area contributed by atoms with E-state index in [9.17, 15) is 19.7 Å². The fourth-order valence-electron chi connectivity index (χ4n) is 2.66. The molecule has 0 saturated heterocycles. The Labute approximate surface area is 164 Å². The molecule has 0 atom stereocenters. The van der Waals surface area contributed by atoms with Gasteiger partial charge in [-0.25, -0.2) is 4.98 Å². The van der Waals surface area contributed by atoms with Crippen LogP contribution in [0.3, 0.4) is 0 Å². The van der Waals surface area contributed by atoms with Gasteiger partial charge in [0.25, 0.3) is 11.2 Å². The van der Waals surface area contributed by atoms with E-state index in [1.54, 1.807) is 0 Å². The Balaban J connectivity index is 1.68.